The van der Waals surface area contributed by atoms with Crippen molar-refractivity contribution in [2.24, 2.45) is 0 Å². The maximum absolute atomic E-state index is 13.0. The number of aromatic nitrogens is 2. The Morgan fingerprint density at radius 2 is 2.00 bits per heavy atom. The van der Waals surface area contributed by atoms with Gasteiger partial charge in [-0.1, -0.05) is 51.0 Å². The minimum Gasteiger partial charge on any atom is -0.354 e. The molecule has 5 nitrogen and oxygen atoms in total. The molecule has 0 fully saturated rings. The molecule has 0 saturated carbocycles. The molecule has 0 bridgehead atoms. The van der Waals surface area contributed by atoms with E-state index in [4.69, 9.17) is 4.98 Å². The van der Waals surface area contributed by atoms with Gasteiger partial charge in [0.25, 0.3) is 0 Å². The number of nitrogens with zero attached hydrogens (tertiary/aromatic N) is 3. The smallest absolute Gasteiger partial charge is 0.243 e. The predicted octanol–water partition coefficient (Wildman–Crippen LogP) is 4.83. The summed E-state index contributed by atoms with van der Waals surface area (Å²) in [5.74, 6) is 0.752. The standard InChI is InChI=1S/C23H26N4O/c1-3-5-12-21(23(28)25-14-4-2)27-20-13-7-6-11-19(20)26-22(27)18-10-8-9-17(15-18)16-24/h6-11,13,15,21H,3-5,12,14H2,1-2H3,(H,25,28). The molecule has 0 aliphatic carbocycles. The fourth-order valence-corrected chi connectivity index (χ4v) is 3.43. The highest BCUT2D eigenvalue weighted by Gasteiger charge is 2.25. The highest BCUT2D eigenvalue weighted by atomic mass is 16.2. The van der Waals surface area contributed by atoms with Gasteiger partial charge in [-0.25, -0.2) is 4.98 Å². The van der Waals surface area contributed by atoms with E-state index in [2.05, 4.69) is 18.3 Å². The van der Waals surface area contributed by atoms with Gasteiger partial charge in [-0.05, 0) is 37.1 Å². The zero-order valence-corrected chi connectivity index (χ0v) is 16.5. The van der Waals surface area contributed by atoms with Gasteiger partial charge in [0.1, 0.15) is 11.9 Å². The van der Waals surface area contributed by atoms with Crippen LogP contribution in [0.5, 0.6) is 0 Å². The number of fused-ring (bicyclic) bond motifs is 1. The van der Waals surface area contributed by atoms with Crippen molar-refractivity contribution in [1.29, 1.82) is 5.26 Å². The topological polar surface area (TPSA) is 70.7 Å². The van der Waals surface area contributed by atoms with Gasteiger partial charge >= 0.3 is 0 Å². The maximum atomic E-state index is 13.0. The van der Waals surface area contributed by atoms with Gasteiger partial charge in [0.2, 0.25) is 5.91 Å². The minimum absolute atomic E-state index is 0.0242. The molecule has 0 aliphatic heterocycles. The number of carbonyl (C=O) groups excluding carboxylic acids is 1. The molecule has 0 radical (unpaired) electrons. The van der Waals surface area contributed by atoms with E-state index in [1.165, 1.54) is 0 Å². The Morgan fingerprint density at radius 3 is 2.75 bits per heavy atom. The van der Waals surface area contributed by atoms with Gasteiger partial charge in [0, 0.05) is 12.1 Å². The summed E-state index contributed by atoms with van der Waals surface area (Å²) in [7, 11) is 0. The normalized spacial score (nSPS) is 11.9. The molecule has 0 aliphatic rings. The lowest BCUT2D eigenvalue weighted by Crippen LogP contribution is -2.33. The minimum atomic E-state index is -0.334. The van der Waals surface area contributed by atoms with Crippen molar-refractivity contribution in [1.82, 2.24) is 14.9 Å². The Kier molecular flexibility index (Phi) is 6.44. The predicted molar refractivity (Wildman–Crippen MR) is 112 cm³/mol. The van der Waals surface area contributed by atoms with Crippen LogP contribution in [0.2, 0.25) is 0 Å². The zero-order chi connectivity index (χ0) is 19.9. The number of carbonyl (C=O) groups is 1. The molecule has 3 aromatic rings. The zero-order valence-electron chi connectivity index (χ0n) is 16.5. The molecule has 28 heavy (non-hydrogen) atoms. The monoisotopic (exact) mass is 374 g/mol. The number of imidazole rings is 1. The van der Waals surface area contributed by atoms with Crippen LogP contribution in [0.4, 0.5) is 0 Å². The number of unbranched alkanes of at least 4 members (excludes halogenated alkanes) is 1. The summed E-state index contributed by atoms with van der Waals surface area (Å²) in [5.41, 5.74) is 3.22. The summed E-state index contributed by atoms with van der Waals surface area (Å²) < 4.78 is 2.05. The van der Waals surface area contributed by atoms with Gasteiger partial charge in [0.15, 0.2) is 0 Å². The van der Waals surface area contributed by atoms with Crippen LogP contribution in [-0.4, -0.2) is 22.0 Å². The quantitative estimate of drug-likeness (QED) is 0.614. The fourth-order valence-electron chi connectivity index (χ4n) is 3.43. The van der Waals surface area contributed by atoms with E-state index in [1.807, 2.05) is 54.0 Å². The van der Waals surface area contributed by atoms with Crippen LogP contribution in [0.25, 0.3) is 22.4 Å². The van der Waals surface area contributed by atoms with Crippen LogP contribution >= 0.6 is 0 Å². The lowest BCUT2D eigenvalue weighted by Gasteiger charge is -2.21. The van der Waals surface area contributed by atoms with Crippen LogP contribution in [-0.2, 0) is 4.79 Å². The summed E-state index contributed by atoms with van der Waals surface area (Å²) in [6, 6.07) is 17.2. The Balaban J connectivity index is 2.17. The molecule has 0 spiro atoms. The highest BCUT2D eigenvalue weighted by Crippen LogP contribution is 2.31. The summed E-state index contributed by atoms with van der Waals surface area (Å²) in [5, 5.41) is 12.3. The van der Waals surface area contributed by atoms with E-state index < -0.39 is 0 Å². The molecule has 1 unspecified atom stereocenters. The van der Waals surface area contributed by atoms with E-state index in [1.54, 1.807) is 6.07 Å². The van der Waals surface area contributed by atoms with Crippen molar-refractivity contribution in [3.8, 4) is 17.5 Å². The second-order valence-electron chi connectivity index (χ2n) is 6.94. The lowest BCUT2D eigenvalue weighted by molar-refractivity contribution is -0.124. The molecule has 2 aromatic carbocycles. The largest absolute Gasteiger partial charge is 0.354 e. The second-order valence-corrected chi connectivity index (χ2v) is 6.94. The van der Waals surface area contributed by atoms with E-state index in [-0.39, 0.29) is 11.9 Å². The second kappa shape index (κ2) is 9.18. The number of hydrogen-bond donors (Lipinski definition) is 1. The summed E-state index contributed by atoms with van der Waals surface area (Å²) in [6.45, 7) is 4.84. The molecule has 0 saturated heterocycles. The molecule has 5 heteroatoms. The first kappa shape index (κ1) is 19.6. The Labute approximate surface area is 166 Å². The average molecular weight is 374 g/mol. The maximum Gasteiger partial charge on any atom is 0.243 e. The number of amides is 1. The van der Waals surface area contributed by atoms with Crippen LogP contribution < -0.4 is 5.32 Å². The van der Waals surface area contributed by atoms with Gasteiger partial charge in [-0.3, -0.25) is 4.79 Å². The SMILES string of the molecule is CCCCC(C(=O)NCCC)n1c(-c2cccc(C#N)c2)nc2ccccc21. The molecule has 1 amide bonds. The summed E-state index contributed by atoms with van der Waals surface area (Å²) >= 11 is 0. The number of rotatable bonds is 8. The van der Waals surface area contributed by atoms with Gasteiger partial charge in [0.05, 0.1) is 22.7 Å². The van der Waals surface area contributed by atoms with Crippen LogP contribution in [0.15, 0.2) is 48.5 Å². The third-order valence-corrected chi connectivity index (χ3v) is 4.84. The number of nitriles is 1. The van der Waals surface area contributed by atoms with Crippen LogP contribution in [0.3, 0.4) is 0 Å². The molecule has 1 N–H and O–H groups in total. The third-order valence-electron chi connectivity index (χ3n) is 4.84. The van der Waals surface area contributed by atoms with Crippen LogP contribution in [0.1, 0.15) is 51.1 Å². The number of benzene rings is 2. The van der Waals surface area contributed by atoms with E-state index in [9.17, 15) is 10.1 Å². The van der Waals surface area contributed by atoms with E-state index in [0.717, 1.165) is 48.1 Å². The Morgan fingerprint density at radius 1 is 1.18 bits per heavy atom. The number of nitrogens with one attached hydrogen (secondary N) is 1. The fraction of sp³-hybridized carbons (Fsp3) is 0.348. The van der Waals surface area contributed by atoms with E-state index in [0.29, 0.717) is 12.1 Å². The molecule has 1 heterocycles. The van der Waals surface area contributed by atoms with Gasteiger partial charge in [-0.2, -0.15) is 5.26 Å². The Hall–Kier alpha value is -3.13. The average Bonchev–Trinajstić information content (AvgIpc) is 3.12. The van der Waals surface area contributed by atoms with Crippen molar-refractivity contribution < 1.29 is 4.79 Å². The number of hydrogen-bond acceptors (Lipinski definition) is 3. The molecule has 144 valence electrons. The number of para-hydroxylation sites is 2. The first-order valence-electron chi connectivity index (χ1n) is 9.94. The molecule has 1 aromatic heterocycles. The van der Waals surface area contributed by atoms with E-state index >= 15 is 0 Å². The Bertz CT molecular complexity index is 999. The van der Waals surface area contributed by atoms with Crippen molar-refractivity contribution >= 4 is 16.9 Å². The third kappa shape index (κ3) is 4.07. The molecule has 3 rings (SSSR count). The first-order chi connectivity index (χ1) is 13.7. The lowest BCUT2D eigenvalue weighted by atomic mass is 10.1. The highest BCUT2D eigenvalue weighted by molar-refractivity contribution is 5.87. The van der Waals surface area contributed by atoms with Crippen molar-refractivity contribution in [2.75, 3.05) is 6.54 Å². The molecular formula is C23H26N4O. The van der Waals surface area contributed by atoms with Gasteiger partial charge in [-0.15, -0.1) is 0 Å². The summed E-state index contributed by atoms with van der Waals surface area (Å²) in [6.07, 6.45) is 3.61. The molecular weight excluding hydrogens is 348 g/mol. The van der Waals surface area contributed by atoms with Crippen LogP contribution in [0, 0.1) is 11.3 Å². The van der Waals surface area contributed by atoms with Gasteiger partial charge < -0.3 is 9.88 Å². The summed E-state index contributed by atoms with van der Waals surface area (Å²) in [4.78, 5) is 17.9. The molecule has 1 atom stereocenters. The van der Waals surface area contributed by atoms with Crippen molar-refractivity contribution in [3.05, 3.63) is 54.1 Å². The first-order valence-corrected chi connectivity index (χ1v) is 9.94. The van der Waals surface area contributed by atoms with Crippen molar-refractivity contribution in [2.45, 2.75) is 45.6 Å². The van der Waals surface area contributed by atoms with Crippen molar-refractivity contribution in [3.63, 3.8) is 0 Å².